The van der Waals surface area contributed by atoms with Gasteiger partial charge in [0.05, 0.1) is 0 Å². The molecule has 1 aliphatic heterocycles. The molecule has 0 atom stereocenters. The Morgan fingerprint density at radius 3 is 2.36 bits per heavy atom. The Bertz CT molecular complexity index is 824. The molecule has 4 nitrogen and oxygen atoms in total. The number of aryl methyl sites for hydroxylation is 2. The molecule has 148 valence electrons. The van der Waals surface area contributed by atoms with Crippen molar-refractivity contribution in [2.75, 3.05) is 24.5 Å². The lowest BCUT2D eigenvalue weighted by Gasteiger charge is -2.34. The Morgan fingerprint density at radius 2 is 1.71 bits per heavy atom. The topological polar surface area (TPSA) is 40.6 Å². The summed E-state index contributed by atoms with van der Waals surface area (Å²) in [4.78, 5) is 28.6. The summed E-state index contributed by atoms with van der Waals surface area (Å²) < 4.78 is 0. The second-order valence-corrected chi connectivity index (χ2v) is 7.91. The van der Waals surface area contributed by atoms with E-state index in [4.69, 9.17) is 0 Å². The first-order chi connectivity index (χ1) is 13.4. The highest BCUT2D eigenvalue weighted by atomic mass is 16.2. The van der Waals surface area contributed by atoms with Gasteiger partial charge in [0, 0.05) is 25.7 Å². The third kappa shape index (κ3) is 5.00. The summed E-state index contributed by atoms with van der Waals surface area (Å²) in [5.74, 6) is 0.560. The number of anilines is 1. The molecule has 1 heterocycles. The van der Waals surface area contributed by atoms with E-state index in [1.807, 2.05) is 43.0 Å². The fraction of sp³-hybridized carbons (Fsp3) is 0.417. The first-order valence-electron chi connectivity index (χ1n) is 10.1. The van der Waals surface area contributed by atoms with Gasteiger partial charge in [-0.25, -0.2) is 0 Å². The van der Waals surface area contributed by atoms with E-state index < -0.39 is 0 Å². The highest BCUT2D eigenvalue weighted by molar-refractivity contribution is 5.98. The number of rotatable bonds is 5. The lowest BCUT2D eigenvalue weighted by atomic mass is 9.90. The second kappa shape index (κ2) is 9.05. The predicted molar refractivity (Wildman–Crippen MR) is 113 cm³/mol. The van der Waals surface area contributed by atoms with Crippen LogP contribution in [-0.4, -0.2) is 36.3 Å². The van der Waals surface area contributed by atoms with Crippen LogP contribution >= 0.6 is 0 Å². The zero-order valence-electron chi connectivity index (χ0n) is 17.1. The third-order valence-electron chi connectivity index (χ3n) is 5.66. The molecule has 2 aromatic carbocycles. The fourth-order valence-electron chi connectivity index (χ4n) is 3.95. The molecule has 0 bridgehead atoms. The third-order valence-corrected chi connectivity index (χ3v) is 5.66. The summed E-state index contributed by atoms with van der Waals surface area (Å²) in [6.45, 7) is 7.17. The van der Waals surface area contributed by atoms with Crippen molar-refractivity contribution in [2.24, 2.45) is 5.92 Å². The lowest BCUT2D eigenvalue weighted by Crippen LogP contribution is -2.45. The summed E-state index contributed by atoms with van der Waals surface area (Å²) in [7, 11) is 0. The summed E-state index contributed by atoms with van der Waals surface area (Å²) >= 11 is 0. The van der Waals surface area contributed by atoms with Gasteiger partial charge in [-0.3, -0.25) is 9.59 Å². The van der Waals surface area contributed by atoms with Crippen molar-refractivity contribution in [3.63, 3.8) is 0 Å². The number of piperidine rings is 1. The van der Waals surface area contributed by atoms with Crippen LogP contribution in [0.3, 0.4) is 0 Å². The molecule has 4 heteroatoms. The van der Waals surface area contributed by atoms with Crippen LogP contribution in [0, 0.1) is 19.8 Å². The van der Waals surface area contributed by atoms with Gasteiger partial charge in [-0.1, -0.05) is 42.5 Å². The van der Waals surface area contributed by atoms with Crippen molar-refractivity contribution in [3.05, 3.63) is 65.2 Å². The number of hydrogen-bond acceptors (Lipinski definition) is 2. The second-order valence-electron chi connectivity index (χ2n) is 7.91. The average molecular weight is 379 g/mol. The molecule has 1 fully saturated rings. The number of amides is 2. The Balaban J connectivity index is 1.59. The quantitative estimate of drug-likeness (QED) is 0.785. The van der Waals surface area contributed by atoms with Gasteiger partial charge in [0.2, 0.25) is 11.8 Å². The zero-order chi connectivity index (χ0) is 20.1. The van der Waals surface area contributed by atoms with Gasteiger partial charge in [0.1, 0.15) is 6.54 Å². The van der Waals surface area contributed by atoms with E-state index in [1.54, 1.807) is 4.90 Å². The van der Waals surface area contributed by atoms with Crippen molar-refractivity contribution in [2.45, 2.75) is 40.0 Å². The molecule has 1 saturated heterocycles. The maximum absolute atomic E-state index is 12.9. The minimum Gasteiger partial charge on any atom is -0.341 e. The smallest absolute Gasteiger partial charge is 0.242 e. The van der Waals surface area contributed by atoms with Crippen LogP contribution in [0.1, 0.15) is 36.5 Å². The van der Waals surface area contributed by atoms with Crippen molar-refractivity contribution >= 4 is 17.5 Å². The molecule has 2 amide bonds. The molecule has 0 radical (unpaired) electrons. The molecule has 1 aliphatic rings. The molecular weight excluding hydrogens is 348 g/mol. The maximum atomic E-state index is 12.9. The van der Waals surface area contributed by atoms with E-state index in [0.717, 1.165) is 49.2 Å². The number of likely N-dealkylation sites (tertiary alicyclic amines) is 1. The van der Waals surface area contributed by atoms with E-state index in [1.165, 1.54) is 12.5 Å². The fourth-order valence-corrected chi connectivity index (χ4v) is 3.95. The van der Waals surface area contributed by atoms with Crippen LogP contribution in [-0.2, 0) is 16.0 Å². The number of hydrogen-bond donors (Lipinski definition) is 0. The molecule has 0 unspecified atom stereocenters. The van der Waals surface area contributed by atoms with Gasteiger partial charge in [-0.2, -0.15) is 0 Å². The molecule has 0 aromatic heterocycles. The van der Waals surface area contributed by atoms with Crippen LogP contribution in [0.2, 0.25) is 0 Å². The number of carbonyl (C=O) groups is 2. The maximum Gasteiger partial charge on any atom is 0.242 e. The molecule has 28 heavy (non-hydrogen) atoms. The minimum atomic E-state index is -0.0963. The number of benzene rings is 2. The van der Waals surface area contributed by atoms with Crippen LogP contribution < -0.4 is 4.90 Å². The standard InChI is InChI=1S/C24H30N2O2/c1-18-9-10-19(2)23(15-18)26(20(3)27)17-24(28)25-13-11-22(12-14-25)16-21-7-5-4-6-8-21/h4-10,15,22H,11-14,16-17H2,1-3H3. The molecule has 0 saturated carbocycles. The molecule has 0 spiro atoms. The van der Waals surface area contributed by atoms with Crippen LogP contribution in [0.25, 0.3) is 0 Å². The average Bonchev–Trinajstić information content (AvgIpc) is 2.69. The highest BCUT2D eigenvalue weighted by Crippen LogP contribution is 2.24. The number of carbonyl (C=O) groups excluding carboxylic acids is 2. The van der Waals surface area contributed by atoms with Gasteiger partial charge in [-0.15, -0.1) is 0 Å². The monoisotopic (exact) mass is 378 g/mol. The minimum absolute atomic E-state index is 0.0364. The van der Waals surface area contributed by atoms with Crippen molar-refractivity contribution in [1.29, 1.82) is 0 Å². The summed E-state index contributed by atoms with van der Waals surface area (Å²) in [5.41, 5.74) is 4.29. The van der Waals surface area contributed by atoms with Crippen LogP contribution in [0.4, 0.5) is 5.69 Å². The Hall–Kier alpha value is -2.62. The number of nitrogens with zero attached hydrogens (tertiary/aromatic N) is 2. The van der Waals surface area contributed by atoms with Crippen LogP contribution in [0.15, 0.2) is 48.5 Å². The van der Waals surface area contributed by atoms with Crippen molar-refractivity contribution < 1.29 is 9.59 Å². The van der Waals surface area contributed by atoms with Gasteiger partial charge >= 0.3 is 0 Å². The van der Waals surface area contributed by atoms with E-state index in [-0.39, 0.29) is 18.4 Å². The SMILES string of the molecule is CC(=O)N(CC(=O)N1CCC(Cc2ccccc2)CC1)c1cc(C)ccc1C. The summed E-state index contributed by atoms with van der Waals surface area (Å²) in [5, 5.41) is 0. The Labute approximate surface area is 168 Å². The van der Waals surface area contributed by atoms with Gasteiger partial charge in [-0.05, 0) is 61.8 Å². The largest absolute Gasteiger partial charge is 0.341 e. The van der Waals surface area contributed by atoms with Gasteiger partial charge < -0.3 is 9.80 Å². The van der Waals surface area contributed by atoms with Crippen molar-refractivity contribution in [3.8, 4) is 0 Å². The molecule has 0 N–H and O–H groups in total. The first-order valence-corrected chi connectivity index (χ1v) is 10.1. The molecule has 3 rings (SSSR count). The highest BCUT2D eigenvalue weighted by Gasteiger charge is 2.26. The van der Waals surface area contributed by atoms with Gasteiger partial charge in [0.15, 0.2) is 0 Å². The summed E-state index contributed by atoms with van der Waals surface area (Å²) in [6.07, 6.45) is 3.11. The Morgan fingerprint density at radius 1 is 1.04 bits per heavy atom. The van der Waals surface area contributed by atoms with Gasteiger partial charge in [0.25, 0.3) is 0 Å². The predicted octanol–water partition coefficient (Wildman–Crippen LogP) is 4.14. The van der Waals surface area contributed by atoms with Crippen LogP contribution in [0.5, 0.6) is 0 Å². The van der Waals surface area contributed by atoms with E-state index in [9.17, 15) is 9.59 Å². The lowest BCUT2D eigenvalue weighted by molar-refractivity contribution is -0.132. The molecule has 0 aliphatic carbocycles. The summed E-state index contributed by atoms with van der Waals surface area (Å²) in [6, 6.07) is 16.6. The normalized spacial score (nSPS) is 14.8. The first kappa shape index (κ1) is 20.1. The van der Waals surface area contributed by atoms with E-state index >= 15 is 0 Å². The van der Waals surface area contributed by atoms with Crippen molar-refractivity contribution in [1.82, 2.24) is 4.90 Å². The van der Waals surface area contributed by atoms with E-state index in [2.05, 4.69) is 24.3 Å². The Kier molecular flexibility index (Phi) is 6.50. The molecule has 2 aromatic rings. The van der Waals surface area contributed by atoms with E-state index in [0.29, 0.717) is 5.92 Å². The molecular formula is C24H30N2O2. The zero-order valence-corrected chi connectivity index (χ0v) is 17.1.